The van der Waals surface area contributed by atoms with Crippen LogP contribution in [0.2, 0.25) is 5.15 Å². The fourth-order valence-corrected chi connectivity index (χ4v) is 4.10. The van der Waals surface area contributed by atoms with Crippen LogP contribution in [-0.4, -0.2) is 33.9 Å². The summed E-state index contributed by atoms with van der Waals surface area (Å²) in [7, 11) is 0. The molecule has 0 radical (unpaired) electrons. The number of benzene rings is 1. The minimum absolute atomic E-state index is 0.0273. The second-order valence-corrected chi connectivity index (χ2v) is 7.81. The lowest BCUT2D eigenvalue weighted by Crippen LogP contribution is -2.22. The van der Waals surface area contributed by atoms with Crippen molar-refractivity contribution in [3.8, 4) is 11.1 Å². The van der Waals surface area contributed by atoms with Crippen LogP contribution < -0.4 is 10.0 Å². The molecule has 1 aromatic carbocycles. The minimum Gasteiger partial charge on any atom is -0.491 e. The lowest BCUT2D eigenvalue weighted by atomic mass is 10.0. The average Bonchev–Trinajstić information content (AvgIpc) is 3.17. The van der Waals surface area contributed by atoms with Crippen molar-refractivity contribution < 1.29 is 4.74 Å². The number of allylic oxidation sites excluding steroid dienone is 3. The highest BCUT2D eigenvalue weighted by molar-refractivity contribution is 7.99. The summed E-state index contributed by atoms with van der Waals surface area (Å²) in [4.78, 5) is 13.2. The van der Waals surface area contributed by atoms with Gasteiger partial charge in [0.2, 0.25) is 0 Å². The zero-order valence-corrected chi connectivity index (χ0v) is 18.8. The molecule has 6 nitrogen and oxygen atoms in total. The van der Waals surface area contributed by atoms with Gasteiger partial charge < -0.3 is 14.8 Å². The first-order chi connectivity index (χ1) is 15.1. The van der Waals surface area contributed by atoms with Crippen LogP contribution in [0.1, 0.15) is 6.92 Å². The van der Waals surface area contributed by atoms with Crippen LogP contribution in [0.25, 0.3) is 22.0 Å². The molecule has 0 aliphatic carbocycles. The van der Waals surface area contributed by atoms with Crippen molar-refractivity contribution >= 4 is 46.0 Å². The van der Waals surface area contributed by atoms with Crippen LogP contribution in [-0.2, 0) is 4.74 Å². The number of nitrogens with one attached hydrogen (secondary N) is 2. The number of rotatable bonds is 6. The SMILES string of the molecule is C=C/C=C1\C(=C/C)OCC1Nc1ncnc2ccc(-c3cnc(Cl)c(NSC)c3)cc12. The van der Waals surface area contributed by atoms with Crippen molar-refractivity contribution in [1.29, 1.82) is 0 Å². The van der Waals surface area contributed by atoms with E-state index in [1.165, 1.54) is 11.9 Å². The summed E-state index contributed by atoms with van der Waals surface area (Å²) >= 11 is 7.66. The van der Waals surface area contributed by atoms with E-state index in [1.54, 1.807) is 18.6 Å². The first-order valence-corrected chi connectivity index (χ1v) is 11.3. The van der Waals surface area contributed by atoms with Gasteiger partial charge >= 0.3 is 0 Å². The number of hydrogen-bond donors (Lipinski definition) is 2. The average molecular weight is 452 g/mol. The molecule has 0 saturated carbocycles. The molecule has 0 bridgehead atoms. The fourth-order valence-electron chi connectivity index (χ4n) is 3.52. The maximum Gasteiger partial charge on any atom is 0.152 e. The van der Waals surface area contributed by atoms with Gasteiger partial charge in [0, 0.05) is 29.0 Å². The van der Waals surface area contributed by atoms with Crippen molar-refractivity contribution in [2.45, 2.75) is 13.0 Å². The number of fused-ring (bicyclic) bond motifs is 1. The molecule has 2 aromatic heterocycles. The zero-order chi connectivity index (χ0) is 21.8. The van der Waals surface area contributed by atoms with Gasteiger partial charge in [0.25, 0.3) is 0 Å². The molecule has 3 heterocycles. The van der Waals surface area contributed by atoms with E-state index in [4.69, 9.17) is 16.3 Å². The maximum atomic E-state index is 6.20. The molecule has 0 spiro atoms. The Bertz CT molecular complexity index is 1190. The molecule has 1 aliphatic heterocycles. The third-order valence-corrected chi connectivity index (χ3v) is 5.68. The van der Waals surface area contributed by atoms with E-state index in [1.807, 2.05) is 43.5 Å². The summed E-state index contributed by atoms with van der Waals surface area (Å²) < 4.78 is 8.97. The molecule has 1 aliphatic rings. The van der Waals surface area contributed by atoms with E-state index in [0.717, 1.165) is 44.9 Å². The quantitative estimate of drug-likeness (QED) is 0.359. The molecule has 4 rings (SSSR count). The lowest BCUT2D eigenvalue weighted by molar-refractivity contribution is 0.259. The van der Waals surface area contributed by atoms with E-state index >= 15 is 0 Å². The molecule has 2 N–H and O–H groups in total. The third kappa shape index (κ3) is 4.38. The number of ether oxygens (including phenoxy) is 1. The highest BCUT2D eigenvalue weighted by atomic mass is 35.5. The maximum absolute atomic E-state index is 6.20. The second kappa shape index (κ2) is 9.41. The number of aromatic nitrogens is 3. The number of hydrogen-bond acceptors (Lipinski definition) is 7. The molecular weight excluding hydrogens is 430 g/mol. The van der Waals surface area contributed by atoms with Gasteiger partial charge in [-0.2, -0.15) is 0 Å². The normalized spacial score (nSPS) is 18.4. The number of pyridine rings is 1. The van der Waals surface area contributed by atoms with Crippen LogP contribution >= 0.6 is 23.5 Å². The molecule has 1 atom stereocenters. The van der Waals surface area contributed by atoms with E-state index in [0.29, 0.717) is 11.8 Å². The van der Waals surface area contributed by atoms with E-state index in [2.05, 4.69) is 37.6 Å². The fraction of sp³-hybridized carbons (Fsp3) is 0.174. The summed E-state index contributed by atoms with van der Waals surface area (Å²) in [5, 5.41) is 4.87. The summed E-state index contributed by atoms with van der Waals surface area (Å²) in [6.45, 7) is 6.30. The van der Waals surface area contributed by atoms with Gasteiger partial charge in [-0.15, -0.1) is 0 Å². The van der Waals surface area contributed by atoms with Gasteiger partial charge in [-0.3, -0.25) is 0 Å². The standard InChI is InChI=1S/C23H22ClN5OS/c1-4-6-16-20(12-30-21(16)5-2)28-23-17-9-14(7-8-18(17)26-13-27-23)15-10-19(29-31-3)22(24)25-11-15/h4-11,13,20,29H,1,12H2,2-3H3,(H,26,27,28)/b16-6-,21-5+. The molecule has 1 unspecified atom stereocenters. The van der Waals surface area contributed by atoms with Gasteiger partial charge in [-0.25, -0.2) is 15.0 Å². The molecule has 1 saturated heterocycles. The molecular formula is C23H22ClN5OS. The Hall–Kier alpha value is -3.03. The molecule has 1 fully saturated rings. The Morgan fingerprint density at radius 3 is 2.87 bits per heavy atom. The Morgan fingerprint density at radius 1 is 1.23 bits per heavy atom. The molecule has 3 aromatic rings. The molecule has 0 amide bonds. The first kappa shape index (κ1) is 21.2. The van der Waals surface area contributed by atoms with Crippen LogP contribution in [0.5, 0.6) is 0 Å². The number of nitrogens with zero attached hydrogens (tertiary/aromatic N) is 3. The van der Waals surface area contributed by atoms with Crippen molar-refractivity contribution in [3.05, 3.63) is 78.1 Å². The Balaban J connectivity index is 1.73. The highest BCUT2D eigenvalue weighted by Gasteiger charge is 2.27. The van der Waals surface area contributed by atoms with Crippen molar-refractivity contribution in [3.63, 3.8) is 0 Å². The number of halogens is 1. The molecule has 8 heteroatoms. The van der Waals surface area contributed by atoms with Gasteiger partial charge in [-0.1, -0.05) is 48.3 Å². The van der Waals surface area contributed by atoms with Crippen LogP contribution in [0, 0.1) is 0 Å². The monoisotopic (exact) mass is 451 g/mol. The van der Waals surface area contributed by atoms with Crippen LogP contribution in [0.4, 0.5) is 11.5 Å². The van der Waals surface area contributed by atoms with Crippen molar-refractivity contribution in [1.82, 2.24) is 15.0 Å². The number of anilines is 2. The van der Waals surface area contributed by atoms with Crippen molar-refractivity contribution in [2.75, 3.05) is 22.9 Å². The summed E-state index contributed by atoms with van der Waals surface area (Å²) in [5.41, 5.74) is 4.62. The summed E-state index contributed by atoms with van der Waals surface area (Å²) in [6, 6.07) is 8.02. The van der Waals surface area contributed by atoms with Gasteiger partial charge in [0.15, 0.2) is 5.15 Å². The van der Waals surface area contributed by atoms with E-state index < -0.39 is 0 Å². The van der Waals surface area contributed by atoms with Gasteiger partial charge in [-0.05, 0) is 36.8 Å². The van der Waals surface area contributed by atoms with Crippen molar-refractivity contribution in [2.24, 2.45) is 0 Å². The predicted octanol–water partition coefficient (Wildman–Crippen LogP) is 5.86. The van der Waals surface area contributed by atoms with Gasteiger partial charge in [0.05, 0.1) is 17.2 Å². The zero-order valence-electron chi connectivity index (χ0n) is 17.2. The first-order valence-electron chi connectivity index (χ1n) is 9.73. The molecule has 158 valence electrons. The second-order valence-electron chi connectivity index (χ2n) is 6.84. The summed E-state index contributed by atoms with van der Waals surface area (Å²) in [5.74, 6) is 1.61. The topological polar surface area (TPSA) is 72.0 Å². The van der Waals surface area contributed by atoms with E-state index in [9.17, 15) is 0 Å². The Kier molecular flexibility index (Phi) is 6.44. The molecule has 31 heavy (non-hydrogen) atoms. The van der Waals surface area contributed by atoms with Crippen LogP contribution in [0.3, 0.4) is 0 Å². The third-order valence-electron chi connectivity index (χ3n) is 4.96. The van der Waals surface area contributed by atoms with Gasteiger partial charge in [0.1, 0.15) is 24.5 Å². The largest absolute Gasteiger partial charge is 0.491 e. The summed E-state index contributed by atoms with van der Waals surface area (Å²) in [6.07, 6.45) is 11.0. The lowest BCUT2D eigenvalue weighted by Gasteiger charge is -2.15. The minimum atomic E-state index is -0.0273. The Morgan fingerprint density at radius 2 is 2.10 bits per heavy atom. The van der Waals surface area contributed by atoms with E-state index in [-0.39, 0.29) is 6.04 Å². The smallest absolute Gasteiger partial charge is 0.152 e. The van der Waals surface area contributed by atoms with Crippen LogP contribution in [0.15, 0.2) is 72.9 Å². The predicted molar refractivity (Wildman–Crippen MR) is 130 cm³/mol. The Labute approximate surface area is 190 Å². The highest BCUT2D eigenvalue weighted by Crippen LogP contribution is 2.33.